The molecule has 0 amide bonds. The second-order valence-corrected chi connectivity index (χ2v) is 5.22. The molecule has 2 aromatic rings. The summed E-state index contributed by atoms with van der Waals surface area (Å²) in [6, 6.07) is 6.41. The second-order valence-electron chi connectivity index (χ2n) is 4.12. The van der Waals surface area contributed by atoms with Crippen molar-refractivity contribution in [3.05, 3.63) is 65.0 Å². The summed E-state index contributed by atoms with van der Waals surface area (Å²) in [7, 11) is 0. The lowest BCUT2D eigenvalue weighted by Crippen LogP contribution is -2.04. The normalized spacial score (nSPS) is 12.4. The first-order valence-electron chi connectivity index (χ1n) is 5.57. The Kier molecular flexibility index (Phi) is 4.07. The molecule has 0 saturated heterocycles. The van der Waals surface area contributed by atoms with Gasteiger partial charge in [0.2, 0.25) is 0 Å². The van der Waals surface area contributed by atoms with Gasteiger partial charge in [0.05, 0.1) is 0 Å². The van der Waals surface area contributed by atoms with E-state index in [0.717, 1.165) is 5.56 Å². The summed E-state index contributed by atoms with van der Waals surface area (Å²) in [5, 5.41) is 0. The van der Waals surface area contributed by atoms with E-state index in [-0.39, 0.29) is 10.4 Å². The van der Waals surface area contributed by atoms with Crippen LogP contribution in [0.25, 0.3) is 0 Å². The highest BCUT2D eigenvalue weighted by Crippen LogP contribution is 2.32. The van der Waals surface area contributed by atoms with Crippen LogP contribution in [0.3, 0.4) is 0 Å². The lowest BCUT2D eigenvalue weighted by Gasteiger charge is -2.13. The lowest BCUT2D eigenvalue weighted by atomic mass is 10.0. The van der Waals surface area contributed by atoms with Gasteiger partial charge in [-0.15, -0.1) is 0 Å². The molecule has 94 valence electrons. The maximum atomic E-state index is 13.9. The maximum absolute atomic E-state index is 13.9. The molecule has 2 rings (SSSR count). The highest BCUT2D eigenvalue weighted by molar-refractivity contribution is 9.09. The minimum absolute atomic E-state index is 0.0896. The van der Waals surface area contributed by atoms with Gasteiger partial charge < -0.3 is 0 Å². The van der Waals surface area contributed by atoms with Crippen LogP contribution in [0.5, 0.6) is 0 Å². The third-order valence-electron chi connectivity index (χ3n) is 2.80. The molecule has 18 heavy (non-hydrogen) atoms. The molecular formula is C14H12BrF2N. The number of hydrogen-bond donors (Lipinski definition) is 0. The Morgan fingerprint density at radius 2 is 1.83 bits per heavy atom. The third-order valence-corrected chi connectivity index (χ3v) is 3.58. The topological polar surface area (TPSA) is 12.9 Å². The Labute approximate surface area is 113 Å². The van der Waals surface area contributed by atoms with Crippen LogP contribution >= 0.6 is 15.9 Å². The fraction of sp³-hybridized carbons (Fsp3) is 0.214. The molecule has 1 atom stereocenters. The van der Waals surface area contributed by atoms with Gasteiger partial charge in [-0.2, -0.15) is 0 Å². The van der Waals surface area contributed by atoms with Crippen LogP contribution in [0, 0.1) is 18.6 Å². The second kappa shape index (κ2) is 5.57. The van der Waals surface area contributed by atoms with Crippen molar-refractivity contribution in [1.82, 2.24) is 4.98 Å². The molecule has 0 aliphatic carbocycles. The van der Waals surface area contributed by atoms with E-state index in [4.69, 9.17) is 0 Å². The molecule has 1 unspecified atom stereocenters. The van der Waals surface area contributed by atoms with Gasteiger partial charge >= 0.3 is 0 Å². The zero-order valence-electron chi connectivity index (χ0n) is 9.83. The summed E-state index contributed by atoms with van der Waals surface area (Å²) in [6.07, 6.45) is 3.84. The number of hydrogen-bond acceptors (Lipinski definition) is 1. The average molecular weight is 312 g/mol. The molecule has 0 bridgehead atoms. The van der Waals surface area contributed by atoms with Crippen molar-refractivity contribution in [2.45, 2.75) is 18.2 Å². The van der Waals surface area contributed by atoms with Crippen molar-refractivity contribution in [2.75, 3.05) is 0 Å². The number of rotatable bonds is 3. The Morgan fingerprint density at radius 1 is 1.17 bits per heavy atom. The third kappa shape index (κ3) is 2.75. The number of alkyl halides is 1. The van der Waals surface area contributed by atoms with Gasteiger partial charge in [-0.3, -0.25) is 4.98 Å². The van der Waals surface area contributed by atoms with E-state index >= 15 is 0 Å². The standard InChI is InChI=1S/C14H12BrF2N/c1-9-2-3-12(16)13(14(9)17)11(15)8-10-4-6-18-7-5-10/h2-7,11H,8H2,1H3. The first-order valence-corrected chi connectivity index (χ1v) is 6.48. The first-order chi connectivity index (χ1) is 8.59. The van der Waals surface area contributed by atoms with Gasteiger partial charge in [0.15, 0.2) is 0 Å². The van der Waals surface area contributed by atoms with Crippen molar-refractivity contribution in [3.63, 3.8) is 0 Å². The minimum atomic E-state index is -0.519. The molecule has 0 saturated carbocycles. The van der Waals surface area contributed by atoms with Crippen LogP contribution in [0.1, 0.15) is 21.5 Å². The minimum Gasteiger partial charge on any atom is -0.265 e. The zero-order valence-corrected chi connectivity index (χ0v) is 11.4. The average Bonchev–Trinajstić information content (AvgIpc) is 2.36. The molecule has 1 heterocycles. The number of aryl methyl sites for hydroxylation is 1. The van der Waals surface area contributed by atoms with Crippen LogP contribution in [-0.4, -0.2) is 4.98 Å². The summed E-state index contributed by atoms with van der Waals surface area (Å²) in [4.78, 5) is 3.52. The summed E-state index contributed by atoms with van der Waals surface area (Å²) in [6.45, 7) is 1.63. The van der Waals surface area contributed by atoms with Crippen LogP contribution in [0.15, 0.2) is 36.7 Å². The van der Waals surface area contributed by atoms with E-state index in [9.17, 15) is 8.78 Å². The van der Waals surface area contributed by atoms with Crippen molar-refractivity contribution >= 4 is 15.9 Å². The monoisotopic (exact) mass is 311 g/mol. The number of halogens is 3. The van der Waals surface area contributed by atoms with E-state index in [1.807, 2.05) is 12.1 Å². The van der Waals surface area contributed by atoms with E-state index in [0.29, 0.717) is 12.0 Å². The number of benzene rings is 1. The van der Waals surface area contributed by atoms with E-state index < -0.39 is 11.6 Å². The molecule has 0 N–H and O–H groups in total. The van der Waals surface area contributed by atoms with Gasteiger partial charge in [-0.1, -0.05) is 22.0 Å². The molecular weight excluding hydrogens is 300 g/mol. The quantitative estimate of drug-likeness (QED) is 0.768. The molecule has 0 spiro atoms. The molecule has 0 aliphatic heterocycles. The van der Waals surface area contributed by atoms with Crippen LogP contribution in [-0.2, 0) is 6.42 Å². The van der Waals surface area contributed by atoms with Crippen LogP contribution in [0.4, 0.5) is 8.78 Å². The van der Waals surface area contributed by atoms with Crippen LogP contribution in [0.2, 0.25) is 0 Å². The first kappa shape index (κ1) is 13.1. The molecule has 1 nitrogen and oxygen atoms in total. The molecule has 1 aromatic heterocycles. The molecule has 0 fully saturated rings. The maximum Gasteiger partial charge on any atom is 0.133 e. The van der Waals surface area contributed by atoms with E-state index in [1.54, 1.807) is 19.3 Å². The van der Waals surface area contributed by atoms with Gasteiger partial charge in [0, 0.05) is 22.8 Å². The van der Waals surface area contributed by atoms with Gasteiger partial charge in [0.25, 0.3) is 0 Å². The number of aromatic nitrogens is 1. The fourth-order valence-corrected chi connectivity index (χ4v) is 2.59. The van der Waals surface area contributed by atoms with Crippen molar-refractivity contribution in [2.24, 2.45) is 0 Å². The Bertz CT molecular complexity index is 543. The molecule has 4 heteroatoms. The number of pyridine rings is 1. The predicted octanol–water partition coefficient (Wildman–Crippen LogP) is 4.35. The predicted molar refractivity (Wildman–Crippen MR) is 70.7 cm³/mol. The van der Waals surface area contributed by atoms with Gasteiger partial charge in [0.1, 0.15) is 11.6 Å². The largest absolute Gasteiger partial charge is 0.265 e. The van der Waals surface area contributed by atoms with Crippen LogP contribution < -0.4 is 0 Å². The Morgan fingerprint density at radius 3 is 2.50 bits per heavy atom. The van der Waals surface area contributed by atoms with Crippen molar-refractivity contribution in [3.8, 4) is 0 Å². The Hall–Kier alpha value is -1.29. The summed E-state index contributed by atoms with van der Waals surface area (Å²) >= 11 is 3.36. The summed E-state index contributed by atoms with van der Waals surface area (Å²) < 4.78 is 27.6. The Balaban J connectivity index is 2.29. The van der Waals surface area contributed by atoms with Gasteiger partial charge in [-0.25, -0.2) is 8.78 Å². The zero-order chi connectivity index (χ0) is 13.1. The van der Waals surface area contributed by atoms with Gasteiger partial charge in [-0.05, 0) is 42.7 Å². The number of nitrogens with zero attached hydrogens (tertiary/aromatic N) is 1. The van der Waals surface area contributed by atoms with E-state index in [2.05, 4.69) is 20.9 Å². The molecule has 0 aliphatic rings. The highest BCUT2D eigenvalue weighted by Gasteiger charge is 2.19. The van der Waals surface area contributed by atoms with Crippen molar-refractivity contribution in [1.29, 1.82) is 0 Å². The van der Waals surface area contributed by atoms with E-state index in [1.165, 1.54) is 12.1 Å². The smallest absolute Gasteiger partial charge is 0.133 e. The molecule has 0 radical (unpaired) electrons. The highest BCUT2D eigenvalue weighted by atomic mass is 79.9. The lowest BCUT2D eigenvalue weighted by molar-refractivity contribution is 0.548. The van der Waals surface area contributed by atoms with Crippen molar-refractivity contribution < 1.29 is 8.78 Å². The fourth-order valence-electron chi connectivity index (χ4n) is 1.79. The summed E-state index contributed by atoms with van der Waals surface area (Å²) in [5.74, 6) is -1.00. The SMILES string of the molecule is Cc1ccc(F)c(C(Br)Cc2ccncc2)c1F. The molecule has 1 aromatic carbocycles. The summed E-state index contributed by atoms with van der Waals surface area (Å²) in [5.41, 5.74) is 1.52.